The standard InChI is InChI=1S/C20H26N2O6/c1-3-28-20(27)15(10-9-14-7-5-4-6-8-14)21-13(2)18(24)22-16(19(25)26)11-12-17(22)23/h4-8,13,15-16,21H,3,9-12H2,1-2H3,(H,25,26)/t13?,15?,16-/m0/s1. The summed E-state index contributed by atoms with van der Waals surface area (Å²) in [6.45, 7) is 3.42. The van der Waals surface area contributed by atoms with E-state index >= 15 is 0 Å². The molecule has 1 aliphatic heterocycles. The van der Waals surface area contributed by atoms with Gasteiger partial charge in [-0.3, -0.25) is 24.6 Å². The van der Waals surface area contributed by atoms with Crippen molar-refractivity contribution in [1.82, 2.24) is 10.2 Å². The van der Waals surface area contributed by atoms with E-state index in [9.17, 15) is 24.3 Å². The number of hydrogen-bond donors (Lipinski definition) is 2. The van der Waals surface area contributed by atoms with Gasteiger partial charge in [-0.15, -0.1) is 0 Å². The molecule has 2 N–H and O–H groups in total. The Hall–Kier alpha value is -2.74. The molecule has 2 amide bonds. The molecule has 0 aromatic heterocycles. The summed E-state index contributed by atoms with van der Waals surface area (Å²) in [4.78, 5) is 49.1. The lowest BCUT2D eigenvalue weighted by Gasteiger charge is -2.26. The maximum atomic E-state index is 12.7. The van der Waals surface area contributed by atoms with E-state index in [2.05, 4.69) is 5.32 Å². The van der Waals surface area contributed by atoms with Crippen molar-refractivity contribution in [1.29, 1.82) is 0 Å². The van der Waals surface area contributed by atoms with Crippen LogP contribution in [0.4, 0.5) is 0 Å². The smallest absolute Gasteiger partial charge is 0.326 e. The zero-order chi connectivity index (χ0) is 20.7. The van der Waals surface area contributed by atoms with Crippen LogP contribution in [0.15, 0.2) is 30.3 Å². The summed E-state index contributed by atoms with van der Waals surface area (Å²) in [6, 6.07) is 6.77. The number of benzene rings is 1. The molecule has 0 spiro atoms. The fraction of sp³-hybridized carbons (Fsp3) is 0.500. The number of nitrogens with zero attached hydrogens (tertiary/aromatic N) is 1. The van der Waals surface area contributed by atoms with E-state index in [4.69, 9.17) is 4.74 Å². The number of carboxylic acid groups (broad SMARTS) is 1. The zero-order valence-corrected chi connectivity index (χ0v) is 16.1. The fourth-order valence-corrected chi connectivity index (χ4v) is 3.24. The zero-order valence-electron chi connectivity index (χ0n) is 16.1. The molecule has 1 fully saturated rings. The summed E-state index contributed by atoms with van der Waals surface area (Å²) in [6.07, 6.45) is 1.11. The monoisotopic (exact) mass is 390 g/mol. The Kier molecular flexibility index (Phi) is 7.69. The van der Waals surface area contributed by atoms with E-state index in [-0.39, 0.29) is 19.4 Å². The highest BCUT2D eigenvalue weighted by Crippen LogP contribution is 2.20. The van der Waals surface area contributed by atoms with Crippen molar-refractivity contribution >= 4 is 23.8 Å². The summed E-state index contributed by atoms with van der Waals surface area (Å²) >= 11 is 0. The van der Waals surface area contributed by atoms with E-state index in [1.165, 1.54) is 6.92 Å². The molecule has 0 aliphatic carbocycles. The second-order valence-corrected chi connectivity index (χ2v) is 6.71. The number of esters is 1. The Morgan fingerprint density at radius 1 is 1.29 bits per heavy atom. The average molecular weight is 390 g/mol. The Morgan fingerprint density at radius 2 is 1.96 bits per heavy atom. The Balaban J connectivity index is 2.06. The third-order valence-electron chi connectivity index (χ3n) is 4.69. The number of nitrogens with one attached hydrogen (secondary N) is 1. The average Bonchev–Trinajstić information content (AvgIpc) is 3.07. The predicted octanol–water partition coefficient (Wildman–Crippen LogP) is 1.13. The Bertz CT molecular complexity index is 721. The molecule has 1 saturated heterocycles. The topological polar surface area (TPSA) is 113 Å². The molecule has 1 aromatic rings. The lowest BCUT2D eigenvalue weighted by Crippen LogP contribution is -2.54. The van der Waals surface area contributed by atoms with Crippen LogP contribution >= 0.6 is 0 Å². The van der Waals surface area contributed by atoms with Crippen LogP contribution in [0.25, 0.3) is 0 Å². The molecule has 2 unspecified atom stereocenters. The minimum Gasteiger partial charge on any atom is -0.480 e. The van der Waals surface area contributed by atoms with E-state index in [1.807, 2.05) is 30.3 Å². The molecular formula is C20H26N2O6. The molecule has 0 radical (unpaired) electrons. The molecule has 28 heavy (non-hydrogen) atoms. The maximum absolute atomic E-state index is 12.7. The Labute approximate surface area is 163 Å². The summed E-state index contributed by atoms with van der Waals surface area (Å²) in [5, 5.41) is 12.2. The van der Waals surface area contributed by atoms with Crippen LogP contribution < -0.4 is 5.32 Å². The number of amides is 2. The number of aryl methyl sites for hydroxylation is 1. The van der Waals surface area contributed by atoms with Crippen LogP contribution in [-0.2, 0) is 30.3 Å². The second kappa shape index (κ2) is 9.98. The summed E-state index contributed by atoms with van der Waals surface area (Å²) in [5.41, 5.74) is 1.04. The van der Waals surface area contributed by atoms with Crippen LogP contribution in [0.2, 0.25) is 0 Å². The first-order valence-corrected chi connectivity index (χ1v) is 9.40. The number of rotatable bonds is 9. The van der Waals surface area contributed by atoms with Crippen LogP contribution in [-0.4, -0.2) is 58.5 Å². The van der Waals surface area contributed by atoms with E-state index < -0.39 is 41.9 Å². The first-order valence-electron chi connectivity index (χ1n) is 9.40. The quantitative estimate of drug-likeness (QED) is 0.608. The van der Waals surface area contributed by atoms with Gasteiger partial charge in [0.2, 0.25) is 11.8 Å². The van der Waals surface area contributed by atoms with E-state index in [1.54, 1.807) is 6.92 Å². The van der Waals surface area contributed by atoms with Gasteiger partial charge in [0.05, 0.1) is 12.6 Å². The minimum absolute atomic E-state index is 0.0186. The predicted molar refractivity (Wildman–Crippen MR) is 100 cm³/mol. The molecule has 152 valence electrons. The molecule has 8 nitrogen and oxygen atoms in total. The number of aliphatic carboxylic acids is 1. The molecule has 0 bridgehead atoms. The summed E-state index contributed by atoms with van der Waals surface area (Å²) in [5.74, 6) is -2.86. The van der Waals surface area contributed by atoms with Crippen molar-refractivity contribution in [2.75, 3.05) is 6.61 Å². The van der Waals surface area contributed by atoms with Crippen molar-refractivity contribution in [3.63, 3.8) is 0 Å². The molecule has 0 saturated carbocycles. The van der Waals surface area contributed by atoms with Gasteiger partial charge in [0.1, 0.15) is 12.1 Å². The van der Waals surface area contributed by atoms with Crippen molar-refractivity contribution in [3.05, 3.63) is 35.9 Å². The Morgan fingerprint density at radius 3 is 2.57 bits per heavy atom. The van der Waals surface area contributed by atoms with Gasteiger partial charge in [0, 0.05) is 6.42 Å². The molecule has 1 heterocycles. The van der Waals surface area contributed by atoms with Gasteiger partial charge in [-0.2, -0.15) is 0 Å². The van der Waals surface area contributed by atoms with E-state index in [0.29, 0.717) is 12.8 Å². The van der Waals surface area contributed by atoms with Crippen LogP contribution in [0.3, 0.4) is 0 Å². The normalized spacial score (nSPS) is 18.6. The fourth-order valence-electron chi connectivity index (χ4n) is 3.24. The number of imide groups is 1. The number of hydrogen-bond acceptors (Lipinski definition) is 6. The summed E-state index contributed by atoms with van der Waals surface area (Å²) < 4.78 is 5.09. The molecule has 1 aromatic carbocycles. The van der Waals surface area contributed by atoms with Crippen molar-refractivity contribution in [3.8, 4) is 0 Å². The van der Waals surface area contributed by atoms with Crippen LogP contribution in [0.5, 0.6) is 0 Å². The second-order valence-electron chi connectivity index (χ2n) is 6.71. The van der Waals surface area contributed by atoms with Crippen LogP contribution in [0, 0.1) is 0 Å². The number of likely N-dealkylation sites (tertiary alicyclic amines) is 1. The SMILES string of the molecule is CCOC(=O)C(CCc1ccccc1)NC(C)C(=O)N1C(=O)CC[C@H]1C(=O)O. The highest BCUT2D eigenvalue weighted by atomic mass is 16.5. The third-order valence-corrected chi connectivity index (χ3v) is 4.69. The number of ether oxygens (including phenoxy) is 1. The number of carbonyl (C=O) groups is 4. The first kappa shape index (κ1) is 21.6. The van der Waals surface area contributed by atoms with Crippen LogP contribution in [0.1, 0.15) is 38.7 Å². The van der Waals surface area contributed by atoms with E-state index in [0.717, 1.165) is 10.5 Å². The lowest BCUT2D eigenvalue weighted by atomic mass is 10.0. The lowest BCUT2D eigenvalue weighted by molar-refractivity contribution is -0.155. The molecule has 2 rings (SSSR count). The van der Waals surface area contributed by atoms with Crippen molar-refractivity contribution in [2.24, 2.45) is 0 Å². The molecular weight excluding hydrogens is 364 g/mol. The number of carboxylic acids is 1. The van der Waals surface area contributed by atoms with Gasteiger partial charge in [0.15, 0.2) is 0 Å². The number of carbonyl (C=O) groups excluding carboxylic acids is 3. The maximum Gasteiger partial charge on any atom is 0.326 e. The van der Waals surface area contributed by atoms with Gasteiger partial charge in [0.25, 0.3) is 0 Å². The van der Waals surface area contributed by atoms with Crippen molar-refractivity contribution < 1.29 is 29.0 Å². The van der Waals surface area contributed by atoms with Gasteiger partial charge in [-0.05, 0) is 38.7 Å². The first-order chi connectivity index (χ1) is 13.3. The van der Waals surface area contributed by atoms with Gasteiger partial charge in [-0.1, -0.05) is 30.3 Å². The minimum atomic E-state index is -1.21. The van der Waals surface area contributed by atoms with Crippen molar-refractivity contribution in [2.45, 2.75) is 57.7 Å². The molecule has 3 atom stereocenters. The van der Waals surface area contributed by atoms with Gasteiger partial charge in [-0.25, -0.2) is 4.79 Å². The third kappa shape index (κ3) is 5.39. The molecule has 1 aliphatic rings. The van der Waals surface area contributed by atoms with Gasteiger partial charge < -0.3 is 9.84 Å². The highest BCUT2D eigenvalue weighted by Gasteiger charge is 2.42. The highest BCUT2D eigenvalue weighted by molar-refractivity contribution is 6.03. The summed E-state index contributed by atoms with van der Waals surface area (Å²) in [7, 11) is 0. The largest absolute Gasteiger partial charge is 0.480 e. The van der Waals surface area contributed by atoms with Gasteiger partial charge >= 0.3 is 11.9 Å². The molecule has 8 heteroatoms.